The Morgan fingerprint density at radius 1 is 1.05 bits per heavy atom. The first-order chi connectivity index (χ1) is 10.1. The number of hydrogen-bond acceptors (Lipinski definition) is 4. The number of benzene rings is 2. The van der Waals surface area contributed by atoms with E-state index in [9.17, 15) is 4.79 Å². The number of amides is 1. The van der Waals surface area contributed by atoms with Crippen molar-refractivity contribution in [3.63, 3.8) is 0 Å². The molecule has 5 heteroatoms. The van der Waals surface area contributed by atoms with Crippen LogP contribution >= 0.6 is 0 Å². The second-order valence-electron chi connectivity index (χ2n) is 4.56. The van der Waals surface area contributed by atoms with Gasteiger partial charge >= 0.3 is 0 Å². The van der Waals surface area contributed by atoms with Gasteiger partial charge < -0.3 is 16.2 Å². The maximum Gasteiger partial charge on any atom is 0.249 e. The lowest BCUT2D eigenvalue weighted by Gasteiger charge is -2.09. The topological polar surface area (TPSA) is 91.2 Å². The molecule has 0 atom stereocenters. The summed E-state index contributed by atoms with van der Waals surface area (Å²) in [5.41, 5.74) is 12.7. The van der Waals surface area contributed by atoms with Gasteiger partial charge in [-0.15, -0.1) is 0 Å². The molecule has 0 unspecified atom stereocenters. The quantitative estimate of drug-likeness (QED) is 0.721. The van der Waals surface area contributed by atoms with Gasteiger partial charge in [0, 0.05) is 23.2 Å². The molecule has 0 fully saturated rings. The molecule has 3 rings (SSSR count). The van der Waals surface area contributed by atoms with Crippen LogP contribution in [0.25, 0.3) is 10.9 Å². The van der Waals surface area contributed by atoms with Crippen molar-refractivity contribution in [1.29, 1.82) is 0 Å². The first kappa shape index (κ1) is 12.9. The van der Waals surface area contributed by atoms with Crippen molar-refractivity contribution < 1.29 is 9.53 Å². The molecule has 5 nitrogen and oxygen atoms in total. The number of carbonyl (C=O) groups excluding carboxylic acids is 1. The molecule has 2 aromatic carbocycles. The number of pyridine rings is 1. The van der Waals surface area contributed by atoms with Crippen molar-refractivity contribution in [2.24, 2.45) is 5.73 Å². The minimum Gasteiger partial charge on any atom is -0.439 e. The normalized spacial score (nSPS) is 10.5. The molecule has 3 aromatic rings. The lowest BCUT2D eigenvalue weighted by molar-refractivity contribution is 0.100. The molecule has 1 aromatic heterocycles. The molecule has 1 amide bonds. The Bertz CT molecular complexity index is 831. The SMILES string of the molecule is NC(=O)c1cc(Oc2cccc(N)c2)nc2ccccc12. The average molecular weight is 279 g/mol. The second kappa shape index (κ2) is 5.13. The number of rotatable bonds is 3. The molecule has 0 bridgehead atoms. The van der Waals surface area contributed by atoms with Crippen LogP contribution in [0.3, 0.4) is 0 Å². The number of para-hydroxylation sites is 1. The van der Waals surface area contributed by atoms with E-state index in [1.165, 1.54) is 6.07 Å². The van der Waals surface area contributed by atoms with E-state index in [1.54, 1.807) is 36.4 Å². The summed E-state index contributed by atoms with van der Waals surface area (Å²) in [6.07, 6.45) is 0. The summed E-state index contributed by atoms with van der Waals surface area (Å²) in [4.78, 5) is 16.0. The van der Waals surface area contributed by atoms with Crippen LogP contribution in [0, 0.1) is 0 Å². The molecule has 104 valence electrons. The van der Waals surface area contributed by atoms with Crippen LogP contribution < -0.4 is 16.2 Å². The smallest absolute Gasteiger partial charge is 0.249 e. The Hall–Kier alpha value is -3.08. The van der Waals surface area contributed by atoms with E-state index in [0.29, 0.717) is 33.8 Å². The maximum atomic E-state index is 11.6. The van der Waals surface area contributed by atoms with Crippen molar-refractivity contribution in [2.75, 3.05) is 5.73 Å². The molecule has 0 aliphatic rings. The fraction of sp³-hybridized carbons (Fsp3) is 0. The summed E-state index contributed by atoms with van der Waals surface area (Å²) >= 11 is 0. The second-order valence-corrected chi connectivity index (χ2v) is 4.56. The van der Waals surface area contributed by atoms with Gasteiger partial charge in [-0.3, -0.25) is 4.79 Å². The van der Waals surface area contributed by atoms with Crippen molar-refractivity contribution in [1.82, 2.24) is 4.98 Å². The van der Waals surface area contributed by atoms with Crippen LogP contribution in [0.15, 0.2) is 54.6 Å². The van der Waals surface area contributed by atoms with Gasteiger partial charge in [0.1, 0.15) is 5.75 Å². The minimum atomic E-state index is -0.522. The Morgan fingerprint density at radius 2 is 1.86 bits per heavy atom. The predicted octanol–water partition coefficient (Wildman–Crippen LogP) is 2.71. The van der Waals surface area contributed by atoms with E-state index < -0.39 is 5.91 Å². The van der Waals surface area contributed by atoms with E-state index in [1.807, 2.05) is 12.1 Å². The summed E-state index contributed by atoms with van der Waals surface area (Å²) < 4.78 is 5.66. The van der Waals surface area contributed by atoms with Crippen LogP contribution in [-0.4, -0.2) is 10.9 Å². The zero-order valence-corrected chi connectivity index (χ0v) is 11.1. The number of nitrogen functional groups attached to an aromatic ring is 1. The highest BCUT2D eigenvalue weighted by molar-refractivity contribution is 6.05. The largest absolute Gasteiger partial charge is 0.439 e. The van der Waals surface area contributed by atoms with E-state index in [-0.39, 0.29) is 0 Å². The van der Waals surface area contributed by atoms with Crippen molar-refractivity contribution in [3.05, 3.63) is 60.2 Å². The highest BCUT2D eigenvalue weighted by Gasteiger charge is 2.11. The van der Waals surface area contributed by atoms with Crippen LogP contribution in [0.2, 0.25) is 0 Å². The first-order valence-electron chi connectivity index (χ1n) is 6.36. The molecule has 0 aliphatic heterocycles. The first-order valence-corrected chi connectivity index (χ1v) is 6.36. The van der Waals surface area contributed by atoms with Gasteiger partial charge in [-0.2, -0.15) is 0 Å². The number of ether oxygens (including phenoxy) is 1. The standard InChI is InChI=1S/C16H13N3O2/c17-10-4-3-5-11(8-10)21-15-9-13(16(18)20)12-6-1-2-7-14(12)19-15/h1-9H,17H2,(H2,18,20). The van der Waals surface area contributed by atoms with Gasteiger partial charge in [0.25, 0.3) is 0 Å². The van der Waals surface area contributed by atoms with Crippen LogP contribution in [0.5, 0.6) is 11.6 Å². The van der Waals surface area contributed by atoms with Crippen molar-refractivity contribution in [2.45, 2.75) is 0 Å². The highest BCUT2D eigenvalue weighted by atomic mass is 16.5. The van der Waals surface area contributed by atoms with E-state index >= 15 is 0 Å². The fourth-order valence-electron chi connectivity index (χ4n) is 2.11. The molecule has 0 saturated carbocycles. The lowest BCUT2D eigenvalue weighted by atomic mass is 10.1. The number of hydrogen-bond donors (Lipinski definition) is 2. The fourth-order valence-corrected chi connectivity index (χ4v) is 2.11. The molecule has 0 radical (unpaired) electrons. The van der Waals surface area contributed by atoms with Crippen molar-refractivity contribution in [3.8, 4) is 11.6 Å². The van der Waals surface area contributed by atoms with Gasteiger partial charge in [-0.05, 0) is 18.2 Å². The molecular formula is C16H13N3O2. The predicted molar refractivity (Wildman–Crippen MR) is 81.2 cm³/mol. The Morgan fingerprint density at radius 3 is 2.62 bits per heavy atom. The minimum absolute atomic E-state index is 0.299. The molecule has 0 spiro atoms. The monoisotopic (exact) mass is 279 g/mol. The number of nitrogens with two attached hydrogens (primary N) is 2. The Balaban J connectivity index is 2.09. The molecule has 1 heterocycles. The zero-order valence-electron chi connectivity index (χ0n) is 11.1. The zero-order chi connectivity index (χ0) is 14.8. The van der Waals surface area contributed by atoms with Crippen LogP contribution in [0.4, 0.5) is 5.69 Å². The van der Waals surface area contributed by atoms with Gasteiger partial charge in [0.05, 0.1) is 11.1 Å². The average Bonchev–Trinajstić information content (AvgIpc) is 2.46. The van der Waals surface area contributed by atoms with Gasteiger partial charge in [0.2, 0.25) is 11.8 Å². The summed E-state index contributed by atoms with van der Waals surface area (Å²) in [7, 11) is 0. The van der Waals surface area contributed by atoms with Gasteiger partial charge in [-0.1, -0.05) is 24.3 Å². The summed E-state index contributed by atoms with van der Waals surface area (Å²) in [5.74, 6) is 0.326. The third-order valence-corrected chi connectivity index (χ3v) is 3.04. The number of anilines is 1. The third kappa shape index (κ3) is 2.62. The molecule has 21 heavy (non-hydrogen) atoms. The van der Waals surface area contributed by atoms with Crippen LogP contribution in [-0.2, 0) is 0 Å². The number of aromatic nitrogens is 1. The number of nitrogens with zero attached hydrogens (tertiary/aromatic N) is 1. The van der Waals surface area contributed by atoms with E-state index in [2.05, 4.69) is 4.98 Å². The van der Waals surface area contributed by atoms with Crippen LogP contribution in [0.1, 0.15) is 10.4 Å². The van der Waals surface area contributed by atoms with Gasteiger partial charge in [-0.25, -0.2) is 4.98 Å². The highest BCUT2D eigenvalue weighted by Crippen LogP contribution is 2.26. The number of primary amides is 1. The summed E-state index contributed by atoms with van der Waals surface area (Å²) in [5, 5.41) is 0.699. The number of carbonyl (C=O) groups is 1. The Labute approximate surface area is 121 Å². The summed E-state index contributed by atoms with van der Waals surface area (Å²) in [6.45, 7) is 0. The Kier molecular flexibility index (Phi) is 3.16. The maximum absolute atomic E-state index is 11.6. The lowest BCUT2D eigenvalue weighted by Crippen LogP contribution is -2.12. The molecular weight excluding hydrogens is 266 g/mol. The number of fused-ring (bicyclic) bond motifs is 1. The van der Waals surface area contributed by atoms with Gasteiger partial charge in [0.15, 0.2) is 0 Å². The third-order valence-electron chi connectivity index (χ3n) is 3.04. The van der Waals surface area contributed by atoms with Crippen molar-refractivity contribution >= 4 is 22.5 Å². The van der Waals surface area contributed by atoms with E-state index in [4.69, 9.17) is 16.2 Å². The van der Waals surface area contributed by atoms with E-state index in [0.717, 1.165) is 0 Å². The molecule has 4 N–H and O–H groups in total. The molecule has 0 aliphatic carbocycles. The summed E-state index contributed by atoms with van der Waals surface area (Å²) in [6, 6.07) is 15.8. The molecule has 0 saturated heterocycles.